The molecule has 2 rings (SSSR count). The molecule has 0 radical (unpaired) electrons. The van der Waals surface area contributed by atoms with Crippen molar-refractivity contribution in [2.75, 3.05) is 0 Å². The van der Waals surface area contributed by atoms with Gasteiger partial charge >= 0.3 is 0 Å². The van der Waals surface area contributed by atoms with Crippen LogP contribution in [0, 0.1) is 0 Å². The summed E-state index contributed by atoms with van der Waals surface area (Å²) in [5.41, 5.74) is 1.12. The number of amides is 1. The molecule has 22 heavy (non-hydrogen) atoms. The number of carbonyl (C=O) groups excluding carboxylic acids is 2. The lowest BCUT2D eigenvalue weighted by atomic mass is 10.0. The van der Waals surface area contributed by atoms with E-state index in [0.717, 1.165) is 0 Å². The van der Waals surface area contributed by atoms with Gasteiger partial charge in [0.1, 0.15) is 0 Å². The van der Waals surface area contributed by atoms with Gasteiger partial charge in [0.25, 0.3) is 5.91 Å². The number of carbonyl (C=O) groups is 2. The van der Waals surface area contributed by atoms with E-state index in [1.807, 2.05) is 0 Å². The first kappa shape index (κ1) is 15.8. The molecule has 0 aliphatic heterocycles. The van der Waals surface area contributed by atoms with Gasteiger partial charge in [-0.05, 0) is 42.3 Å². The van der Waals surface area contributed by atoms with Crippen LogP contribution in [0.25, 0.3) is 5.57 Å². The molecule has 0 spiro atoms. The van der Waals surface area contributed by atoms with Crippen molar-refractivity contribution in [1.29, 1.82) is 0 Å². The molecule has 1 N–H and O–H groups in total. The lowest BCUT2D eigenvalue weighted by Crippen LogP contribution is -2.36. The maximum absolute atomic E-state index is 12.1. The Hall–Kier alpha value is -2.59. The number of allylic oxidation sites excluding steroid dienone is 1. The Morgan fingerprint density at radius 3 is 2.09 bits per heavy atom. The van der Waals surface area contributed by atoms with Crippen molar-refractivity contribution in [3.8, 4) is 0 Å². The van der Waals surface area contributed by atoms with Crippen molar-refractivity contribution in [3.63, 3.8) is 0 Å². The van der Waals surface area contributed by atoms with E-state index in [0.29, 0.717) is 21.7 Å². The molecule has 112 valence electrons. The van der Waals surface area contributed by atoms with Gasteiger partial charge in [-0.2, -0.15) is 0 Å². The molecule has 0 aliphatic rings. The Labute approximate surface area is 133 Å². The topological polar surface area (TPSA) is 69.2 Å². The van der Waals surface area contributed by atoms with Gasteiger partial charge < -0.3 is 15.2 Å². The van der Waals surface area contributed by atoms with Crippen LogP contribution in [0.3, 0.4) is 0 Å². The van der Waals surface area contributed by atoms with E-state index in [1.165, 1.54) is 0 Å². The van der Waals surface area contributed by atoms with Gasteiger partial charge in [0.2, 0.25) is 0 Å². The summed E-state index contributed by atoms with van der Waals surface area (Å²) >= 11 is 5.81. The van der Waals surface area contributed by atoms with Crippen LogP contribution in [0.1, 0.15) is 22.8 Å². The van der Waals surface area contributed by atoms with Crippen LogP contribution in [-0.2, 0) is 4.79 Å². The predicted molar refractivity (Wildman–Crippen MR) is 83.0 cm³/mol. The van der Waals surface area contributed by atoms with Crippen LogP contribution in [0.2, 0.25) is 5.02 Å². The quantitative estimate of drug-likeness (QED) is 0.880. The first-order chi connectivity index (χ1) is 10.5. The third-order valence-corrected chi connectivity index (χ3v) is 3.38. The zero-order valence-corrected chi connectivity index (χ0v) is 12.6. The van der Waals surface area contributed by atoms with E-state index in [4.69, 9.17) is 11.6 Å². The normalized spacial score (nSPS) is 11.5. The van der Waals surface area contributed by atoms with Crippen molar-refractivity contribution in [1.82, 2.24) is 5.32 Å². The molecule has 0 fully saturated rings. The number of aliphatic carboxylic acids is 1. The number of hydrogen-bond donors (Lipinski definition) is 1. The minimum Gasteiger partial charge on any atom is -0.543 e. The van der Waals surface area contributed by atoms with Gasteiger partial charge in [-0.1, -0.05) is 41.9 Å². The van der Waals surface area contributed by atoms with Crippen LogP contribution in [0.5, 0.6) is 0 Å². The standard InChI is InChI=1S/C17H14ClNO3/c1-11(12-7-9-14(18)10-8-12)15(17(21)22)19-16(20)13-5-3-2-4-6-13/h2-10H,1H3,(H,19,20)(H,21,22)/p-1/b15-11+. The predicted octanol–water partition coefficient (Wildman–Crippen LogP) is 2.25. The molecular formula is C17H13ClNO3-. The van der Waals surface area contributed by atoms with E-state index in [-0.39, 0.29) is 5.70 Å². The summed E-state index contributed by atoms with van der Waals surface area (Å²) in [4.78, 5) is 23.4. The van der Waals surface area contributed by atoms with Gasteiger partial charge in [0.05, 0.1) is 11.7 Å². The SMILES string of the molecule is C/C(=C(\NC(=O)c1ccccc1)C(=O)[O-])c1ccc(Cl)cc1. The highest BCUT2D eigenvalue weighted by atomic mass is 35.5. The summed E-state index contributed by atoms with van der Waals surface area (Å²) in [6, 6.07) is 15.0. The summed E-state index contributed by atoms with van der Waals surface area (Å²) in [7, 11) is 0. The molecule has 2 aromatic carbocycles. The Bertz CT molecular complexity index is 721. The van der Waals surface area contributed by atoms with Crippen LogP contribution >= 0.6 is 11.6 Å². The number of rotatable bonds is 4. The van der Waals surface area contributed by atoms with Crippen LogP contribution in [0.15, 0.2) is 60.3 Å². The van der Waals surface area contributed by atoms with Crippen LogP contribution in [0.4, 0.5) is 0 Å². The van der Waals surface area contributed by atoms with E-state index in [1.54, 1.807) is 61.5 Å². The average molecular weight is 315 g/mol. The van der Waals surface area contributed by atoms with Gasteiger partial charge in [0.15, 0.2) is 0 Å². The molecular weight excluding hydrogens is 302 g/mol. The van der Waals surface area contributed by atoms with E-state index in [9.17, 15) is 14.7 Å². The molecule has 0 aliphatic carbocycles. The molecule has 0 bridgehead atoms. The largest absolute Gasteiger partial charge is 0.543 e. The highest BCUT2D eigenvalue weighted by molar-refractivity contribution is 6.30. The molecule has 0 unspecified atom stereocenters. The maximum atomic E-state index is 12.1. The zero-order valence-electron chi connectivity index (χ0n) is 11.8. The number of carboxylic acids is 1. The number of benzene rings is 2. The number of hydrogen-bond acceptors (Lipinski definition) is 3. The highest BCUT2D eigenvalue weighted by Crippen LogP contribution is 2.19. The Morgan fingerprint density at radius 1 is 0.955 bits per heavy atom. The second-order valence-corrected chi connectivity index (χ2v) is 5.05. The van der Waals surface area contributed by atoms with Crippen molar-refractivity contribution in [3.05, 3.63) is 76.4 Å². The molecule has 1 amide bonds. The summed E-state index contributed by atoms with van der Waals surface area (Å²) in [5.74, 6) is -1.95. The van der Waals surface area contributed by atoms with Crippen LogP contribution in [-0.4, -0.2) is 11.9 Å². The van der Waals surface area contributed by atoms with Crippen molar-refractivity contribution < 1.29 is 14.7 Å². The zero-order chi connectivity index (χ0) is 16.1. The second-order valence-electron chi connectivity index (χ2n) is 4.61. The molecule has 0 atom stereocenters. The van der Waals surface area contributed by atoms with Crippen molar-refractivity contribution >= 4 is 29.1 Å². The number of nitrogens with one attached hydrogen (secondary N) is 1. The fourth-order valence-electron chi connectivity index (χ4n) is 1.92. The van der Waals surface area contributed by atoms with Gasteiger partial charge in [0, 0.05) is 10.6 Å². The molecule has 5 heteroatoms. The first-order valence-electron chi connectivity index (χ1n) is 6.53. The number of carboxylic acid groups (broad SMARTS) is 1. The fourth-order valence-corrected chi connectivity index (χ4v) is 2.04. The lowest BCUT2D eigenvalue weighted by molar-refractivity contribution is -0.299. The minimum absolute atomic E-state index is 0.267. The summed E-state index contributed by atoms with van der Waals surface area (Å²) in [6.07, 6.45) is 0. The minimum atomic E-state index is -1.45. The molecule has 2 aromatic rings. The Balaban J connectivity index is 2.33. The fraction of sp³-hybridized carbons (Fsp3) is 0.0588. The lowest BCUT2D eigenvalue weighted by Gasteiger charge is -2.15. The Morgan fingerprint density at radius 2 is 1.55 bits per heavy atom. The van der Waals surface area contributed by atoms with Gasteiger partial charge in [-0.25, -0.2) is 0 Å². The smallest absolute Gasteiger partial charge is 0.255 e. The van der Waals surface area contributed by atoms with E-state index in [2.05, 4.69) is 5.32 Å². The maximum Gasteiger partial charge on any atom is 0.255 e. The molecule has 0 aromatic heterocycles. The summed E-state index contributed by atoms with van der Waals surface area (Å²) in [5, 5.41) is 14.3. The van der Waals surface area contributed by atoms with Gasteiger partial charge in [-0.3, -0.25) is 4.79 Å². The third-order valence-electron chi connectivity index (χ3n) is 3.13. The summed E-state index contributed by atoms with van der Waals surface area (Å²) in [6.45, 7) is 1.60. The van der Waals surface area contributed by atoms with Crippen molar-refractivity contribution in [2.24, 2.45) is 0 Å². The first-order valence-corrected chi connectivity index (χ1v) is 6.91. The molecule has 0 heterocycles. The van der Waals surface area contributed by atoms with Crippen molar-refractivity contribution in [2.45, 2.75) is 6.92 Å². The monoisotopic (exact) mass is 314 g/mol. The number of halogens is 1. The molecule has 4 nitrogen and oxygen atoms in total. The third kappa shape index (κ3) is 3.74. The van der Waals surface area contributed by atoms with Crippen LogP contribution < -0.4 is 10.4 Å². The summed E-state index contributed by atoms with van der Waals surface area (Å²) < 4.78 is 0. The van der Waals surface area contributed by atoms with E-state index < -0.39 is 11.9 Å². The van der Waals surface area contributed by atoms with E-state index >= 15 is 0 Å². The Kier molecular flexibility index (Phi) is 4.96. The van der Waals surface area contributed by atoms with Gasteiger partial charge in [-0.15, -0.1) is 0 Å². The molecule has 0 saturated heterocycles. The molecule has 0 saturated carbocycles. The average Bonchev–Trinajstić information content (AvgIpc) is 2.53. The second kappa shape index (κ2) is 6.91. The highest BCUT2D eigenvalue weighted by Gasteiger charge is 2.12.